The summed E-state index contributed by atoms with van der Waals surface area (Å²) in [5, 5.41) is 17.1. The molecule has 202 valence electrons. The smallest absolute Gasteiger partial charge is 0.475 e. The minimum atomic E-state index is -5.08. The van der Waals surface area contributed by atoms with Crippen LogP contribution in [0.3, 0.4) is 0 Å². The summed E-state index contributed by atoms with van der Waals surface area (Å²) in [7, 11) is -4.20. The van der Waals surface area contributed by atoms with Gasteiger partial charge in [0, 0.05) is 11.3 Å². The van der Waals surface area contributed by atoms with Crippen molar-refractivity contribution in [2.24, 2.45) is 11.5 Å². The Labute approximate surface area is 214 Å². The fourth-order valence-electron chi connectivity index (χ4n) is 2.68. The van der Waals surface area contributed by atoms with Gasteiger partial charge in [-0.1, -0.05) is 48.5 Å². The van der Waals surface area contributed by atoms with E-state index in [2.05, 4.69) is 5.32 Å². The largest absolute Gasteiger partial charge is 0.490 e. The fourth-order valence-corrected chi connectivity index (χ4v) is 4.51. The van der Waals surface area contributed by atoms with Crippen LogP contribution in [-0.4, -0.2) is 29.3 Å². The molecule has 7 N–H and O–H groups in total. The SMILES string of the molecule is N=C(N)Nc1ccc(C(OC(N)=O)P(=O)(Oc2ccccc2)Oc2ccccc2)cc1.O=C(O)C(F)(F)F. The Bertz CT molecular complexity index is 1230. The predicted molar refractivity (Wildman–Crippen MR) is 131 cm³/mol. The highest BCUT2D eigenvalue weighted by atomic mass is 31.2. The molecule has 1 amide bonds. The zero-order chi connectivity index (χ0) is 28.3. The van der Waals surface area contributed by atoms with Crippen molar-refractivity contribution >= 4 is 31.3 Å². The Balaban J connectivity index is 0.000000638. The van der Waals surface area contributed by atoms with Crippen LogP contribution in [0.4, 0.5) is 23.7 Å². The van der Waals surface area contributed by atoms with Crippen LogP contribution in [0.15, 0.2) is 84.9 Å². The first-order valence-corrected chi connectivity index (χ1v) is 12.0. The average Bonchev–Trinajstić information content (AvgIpc) is 2.83. The molecule has 11 nitrogen and oxygen atoms in total. The van der Waals surface area contributed by atoms with Gasteiger partial charge in [0.05, 0.1) is 0 Å². The van der Waals surface area contributed by atoms with Crippen molar-refractivity contribution in [3.8, 4) is 11.5 Å². The van der Waals surface area contributed by atoms with Gasteiger partial charge in [-0.2, -0.15) is 13.2 Å². The first-order chi connectivity index (χ1) is 17.8. The Morgan fingerprint density at radius 2 is 1.29 bits per heavy atom. The van der Waals surface area contributed by atoms with Crippen molar-refractivity contribution in [1.29, 1.82) is 5.41 Å². The number of benzene rings is 3. The van der Waals surface area contributed by atoms with Crippen molar-refractivity contribution in [1.82, 2.24) is 0 Å². The lowest BCUT2D eigenvalue weighted by molar-refractivity contribution is -0.192. The molecule has 38 heavy (non-hydrogen) atoms. The van der Waals surface area contributed by atoms with Crippen molar-refractivity contribution < 1.29 is 46.2 Å². The second kappa shape index (κ2) is 13.0. The summed E-state index contributed by atoms with van der Waals surface area (Å²) in [5.41, 5.74) is 11.4. The van der Waals surface area contributed by atoms with E-state index in [9.17, 15) is 22.5 Å². The second-order valence-corrected chi connectivity index (χ2v) is 9.02. The molecule has 0 saturated carbocycles. The van der Waals surface area contributed by atoms with E-state index in [0.29, 0.717) is 11.3 Å². The fraction of sp³-hybridized carbons (Fsp3) is 0.0870. The van der Waals surface area contributed by atoms with E-state index in [1.807, 2.05) is 0 Å². The molecule has 0 aliphatic carbocycles. The van der Waals surface area contributed by atoms with Crippen LogP contribution in [0.25, 0.3) is 0 Å². The number of carbonyl (C=O) groups excluding carboxylic acids is 1. The normalized spacial score (nSPS) is 11.7. The third kappa shape index (κ3) is 9.39. The van der Waals surface area contributed by atoms with Gasteiger partial charge in [0.25, 0.3) is 5.85 Å². The van der Waals surface area contributed by atoms with Gasteiger partial charge < -0.3 is 35.7 Å². The number of carboxylic acid groups (broad SMARTS) is 1. The molecule has 1 atom stereocenters. The maximum absolute atomic E-state index is 14.0. The van der Waals surface area contributed by atoms with Crippen molar-refractivity contribution in [2.45, 2.75) is 12.0 Å². The maximum Gasteiger partial charge on any atom is 0.490 e. The molecule has 3 aromatic carbocycles. The van der Waals surface area contributed by atoms with Gasteiger partial charge in [-0.25, -0.2) is 14.2 Å². The Morgan fingerprint density at radius 3 is 1.63 bits per heavy atom. The monoisotopic (exact) mass is 554 g/mol. The van der Waals surface area contributed by atoms with Crippen LogP contribution in [0, 0.1) is 5.41 Å². The number of primary amides is 1. The molecule has 0 aromatic heterocycles. The molecule has 0 fully saturated rings. The molecule has 0 heterocycles. The van der Waals surface area contributed by atoms with Gasteiger partial charge in [0.15, 0.2) is 5.96 Å². The van der Waals surface area contributed by atoms with E-state index < -0.39 is 31.7 Å². The van der Waals surface area contributed by atoms with Crippen molar-refractivity contribution in [3.05, 3.63) is 90.5 Å². The first kappa shape index (κ1) is 29.5. The third-order valence-corrected chi connectivity index (χ3v) is 6.09. The molecule has 0 bridgehead atoms. The molecular formula is C23H22F3N4O7P. The number of carbonyl (C=O) groups is 2. The summed E-state index contributed by atoms with van der Waals surface area (Å²) >= 11 is 0. The van der Waals surface area contributed by atoms with Gasteiger partial charge in [-0.15, -0.1) is 0 Å². The van der Waals surface area contributed by atoms with Crippen molar-refractivity contribution in [2.75, 3.05) is 5.32 Å². The quantitative estimate of drug-likeness (QED) is 0.144. The zero-order valence-corrected chi connectivity index (χ0v) is 20.2. The number of nitrogens with one attached hydrogen (secondary N) is 2. The number of anilines is 1. The number of hydrogen-bond donors (Lipinski definition) is 5. The minimum Gasteiger partial charge on any atom is -0.475 e. The summed E-state index contributed by atoms with van der Waals surface area (Å²) in [4.78, 5) is 20.6. The molecule has 0 saturated heterocycles. The van der Waals surface area contributed by atoms with Gasteiger partial charge in [-0.05, 0) is 36.4 Å². The lowest BCUT2D eigenvalue weighted by Crippen LogP contribution is -2.22. The number of amides is 1. The molecule has 0 aliphatic heterocycles. The van der Waals surface area contributed by atoms with E-state index in [4.69, 9.17) is 40.6 Å². The molecule has 3 aromatic rings. The van der Waals surface area contributed by atoms with Crippen LogP contribution in [0.1, 0.15) is 11.4 Å². The highest BCUT2D eigenvalue weighted by molar-refractivity contribution is 7.54. The van der Waals surface area contributed by atoms with E-state index in [0.717, 1.165) is 0 Å². The van der Waals surface area contributed by atoms with Gasteiger partial charge in [-0.3, -0.25) is 5.41 Å². The molecule has 1 unspecified atom stereocenters. The molecule has 0 aliphatic rings. The van der Waals surface area contributed by atoms with E-state index >= 15 is 0 Å². The lowest BCUT2D eigenvalue weighted by atomic mass is 10.2. The molecule has 15 heteroatoms. The van der Waals surface area contributed by atoms with Crippen LogP contribution < -0.4 is 25.8 Å². The zero-order valence-electron chi connectivity index (χ0n) is 19.3. The van der Waals surface area contributed by atoms with Gasteiger partial charge in [0.1, 0.15) is 11.5 Å². The number of aliphatic carboxylic acids is 1. The van der Waals surface area contributed by atoms with Crippen molar-refractivity contribution in [3.63, 3.8) is 0 Å². The van der Waals surface area contributed by atoms with Crippen LogP contribution >= 0.6 is 7.60 Å². The Morgan fingerprint density at radius 1 is 0.868 bits per heavy atom. The van der Waals surface area contributed by atoms with E-state index in [1.165, 1.54) is 12.1 Å². The molecule has 0 spiro atoms. The predicted octanol–water partition coefficient (Wildman–Crippen LogP) is 5.07. The van der Waals surface area contributed by atoms with Crippen LogP contribution in [0.5, 0.6) is 11.5 Å². The van der Waals surface area contributed by atoms with Crippen LogP contribution in [-0.2, 0) is 14.1 Å². The number of carboxylic acids is 1. The topological polar surface area (TPSA) is 187 Å². The number of ether oxygens (including phenoxy) is 1. The number of hydrogen-bond acceptors (Lipinski definition) is 7. The molecular weight excluding hydrogens is 532 g/mol. The minimum absolute atomic E-state index is 0.247. The Hall–Kier alpha value is -4.71. The molecule has 3 rings (SSSR count). The van der Waals surface area contributed by atoms with E-state index in [1.54, 1.807) is 72.8 Å². The number of guanidine groups is 1. The maximum atomic E-state index is 14.0. The summed E-state index contributed by atoms with van der Waals surface area (Å²) in [6.07, 6.45) is -6.23. The highest BCUT2D eigenvalue weighted by Gasteiger charge is 2.44. The number of nitrogens with two attached hydrogens (primary N) is 2. The standard InChI is InChI=1S/C21H21N4O5P.C2HF3O2/c22-20(23)25-16-13-11-15(12-14-16)19(28-21(24)26)31(27,29-17-7-3-1-4-8-17)30-18-9-5-2-6-10-18;3-2(4,5)1(6)7/h1-14,19H,(H2,24,26)(H4,22,23,25);(H,6,7). The highest BCUT2D eigenvalue weighted by Crippen LogP contribution is 2.60. The van der Waals surface area contributed by atoms with Gasteiger partial charge in [0.2, 0.25) is 0 Å². The summed E-state index contributed by atoms with van der Waals surface area (Å²) < 4.78 is 62.4. The number of rotatable bonds is 8. The first-order valence-electron chi connectivity index (χ1n) is 10.4. The van der Waals surface area contributed by atoms with Gasteiger partial charge >= 0.3 is 25.8 Å². The summed E-state index contributed by atoms with van der Waals surface area (Å²) in [5.74, 6) is -3.95. The molecule has 0 radical (unpaired) electrons. The average molecular weight is 554 g/mol. The number of halogens is 3. The summed E-state index contributed by atoms with van der Waals surface area (Å²) in [6, 6.07) is 23.0. The number of alkyl halides is 3. The third-order valence-electron chi connectivity index (χ3n) is 4.18. The van der Waals surface area contributed by atoms with Crippen LogP contribution in [0.2, 0.25) is 0 Å². The Kier molecular flexibility index (Phi) is 10.1. The number of para-hydroxylation sites is 2. The lowest BCUT2D eigenvalue weighted by Gasteiger charge is -2.27. The second-order valence-electron chi connectivity index (χ2n) is 7.10. The summed E-state index contributed by atoms with van der Waals surface area (Å²) in [6.45, 7) is 0. The van der Waals surface area contributed by atoms with E-state index in [-0.39, 0.29) is 17.5 Å².